The van der Waals surface area contributed by atoms with E-state index in [4.69, 9.17) is 0 Å². The topological polar surface area (TPSA) is 58.2 Å². The first-order valence-electron chi connectivity index (χ1n) is 9.92. The predicted molar refractivity (Wildman–Crippen MR) is 117 cm³/mol. The van der Waals surface area contributed by atoms with Gasteiger partial charge in [-0.1, -0.05) is 31.4 Å². The lowest BCUT2D eigenvalue weighted by Crippen LogP contribution is -2.24. The van der Waals surface area contributed by atoms with Crippen LogP contribution in [0.4, 0.5) is 11.4 Å². The lowest BCUT2D eigenvalue weighted by atomic mass is 9.88. The fourth-order valence-corrected chi connectivity index (χ4v) is 4.15. The molecule has 1 aliphatic rings. The highest BCUT2D eigenvalue weighted by atomic mass is 32.2. The van der Waals surface area contributed by atoms with Crippen LogP contribution in [0.25, 0.3) is 0 Å². The van der Waals surface area contributed by atoms with Gasteiger partial charge in [0.2, 0.25) is 11.8 Å². The van der Waals surface area contributed by atoms with Gasteiger partial charge in [0.25, 0.3) is 0 Å². The van der Waals surface area contributed by atoms with Gasteiger partial charge in [0, 0.05) is 22.2 Å². The highest BCUT2D eigenvalue weighted by molar-refractivity contribution is 8.00. The van der Waals surface area contributed by atoms with Crippen LogP contribution in [0.1, 0.15) is 43.2 Å². The van der Waals surface area contributed by atoms with Crippen molar-refractivity contribution < 1.29 is 9.59 Å². The smallest absolute Gasteiger partial charge is 0.234 e. The first kappa shape index (κ1) is 20.5. The van der Waals surface area contributed by atoms with Gasteiger partial charge < -0.3 is 10.6 Å². The number of benzene rings is 2. The minimum atomic E-state index is -0.0200. The Labute approximate surface area is 171 Å². The summed E-state index contributed by atoms with van der Waals surface area (Å²) in [4.78, 5) is 25.6. The number of aryl methyl sites for hydroxylation is 2. The van der Waals surface area contributed by atoms with Gasteiger partial charge in [-0.15, -0.1) is 11.8 Å². The number of carbonyl (C=O) groups is 2. The first-order chi connectivity index (χ1) is 13.5. The molecule has 3 rings (SSSR count). The maximum absolute atomic E-state index is 12.3. The molecule has 0 bridgehead atoms. The van der Waals surface area contributed by atoms with E-state index in [0.717, 1.165) is 53.1 Å². The Kier molecular flexibility index (Phi) is 7.15. The Hall–Kier alpha value is -2.27. The second kappa shape index (κ2) is 9.78. The van der Waals surface area contributed by atoms with Crippen LogP contribution in [0.15, 0.2) is 47.4 Å². The number of anilines is 2. The van der Waals surface area contributed by atoms with E-state index >= 15 is 0 Å². The highest BCUT2D eigenvalue weighted by Gasteiger charge is 2.20. The van der Waals surface area contributed by atoms with Crippen molar-refractivity contribution in [3.8, 4) is 0 Å². The molecule has 2 aromatic rings. The van der Waals surface area contributed by atoms with Gasteiger partial charge >= 0.3 is 0 Å². The van der Waals surface area contributed by atoms with Gasteiger partial charge in [0.15, 0.2) is 0 Å². The van der Waals surface area contributed by atoms with Crippen LogP contribution in [0.5, 0.6) is 0 Å². The number of amides is 2. The summed E-state index contributed by atoms with van der Waals surface area (Å²) in [5.74, 6) is 0.610. The SMILES string of the molecule is Cc1ccc(C)c(NC(=O)CSc2ccc(NC(=O)C3CCCCC3)cc2)c1. The molecular formula is C23H28N2O2S. The molecule has 5 heteroatoms. The number of thioether (sulfide) groups is 1. The minimum absolute atomic E-state index is 0.0200. The molecule has 1 fully saturated rings. The second-order valence-electron chi connectivity index (χ2n) is 7.50. The third kappa shape index (κ3) is 5.86. The average Bonchev–Trinajstić information content (AvgIpc) is 2.71. The zero-order valence-electron chi connectivity index (χ0n) is 16.6. The van der Waals surface area contributed by atoms with E-state index in [1.54, 1.807) is 0 Å². The lowest BCUT2D eigenvalue weighted by Gasteiger charge is -2.20. The van der Waals surface area contributed by atoms with Crippen LogP contribution in [-0.2, 0) is 9.59 Å². The van der Waals surface area contributed by atoms with E-state index in [1.807, 2.05) is 56.3 Å². The molecule has 0 aliphatic heterocycles. The zero-order valence-corrected chi connectivity index (χ0v) is 17.4. The lowest BCUT2D eigenvalue weighted by molar-refractivity contribution is -0.120. The van der Waals surface area contributed by atoms with Gasteiger partial charge in [-0.05, 0) is 68.1 Å². The molecule has 2 N–H and O–H groups in total. The fraction of sp³-hybridized carbons (Fsp3) is 0.391. The summed E-state index contributed by atoms with van der Waals surface area (Å²) in [6.45, 7) is 4.00. The Morgan fingerprint density at radius 2 is 1.68 bits per heavy atom. The quantitative estimate of drug-likeness (QED) is 0.629. The van der Waals surface area contributed by atoms with E-state index in [9.17, 15) is 9.59 Å². The van der Waals surface area contributed by atoms with Crippen molar-refractivity contribution in [2.75, 3.05) is 16.4 Å². The van der Waals surface area contributed by atoms with Crippen LogP contribution in [-0.4, -0.2) is 17.6 Å². The third-order valence-corrected chi connectivity index (χ3v) is 6.15. The molecule has 0 radical (unpaired) electrons. The molecule has 0 heterocycles. The number of rotatable bonds is 6. The summed E-state index contributed by atoms with van der Waals surface area (Å²) in [6, 6.07) is 13.8. The summed E-state index contributed by atoms with van der Waals surface area (Å²) < 4.78 is 0. The van der Waals surface area contributed by atoms with Crippen LogP contribution in [0, 0.1) is 19.8 Å². The van der Waals surface area contributed by atoms with Crippen molar-refractivity contribution in [2.45, 2.75) is 50.8 Å². The van der Waals surface area contributed by atoms with Gasteiger partial charge in [0.05, 0.1) is 5.75 Å². The van der Waals surface area contributed by atoms with Gasteiger partial charge in [-0.3, -0.25) is 9.59 Å². The standard InChI is InChI=1S/C23H28N2O2S/c1-16-8-9-17(2)21(14-16)25-22(26)15-28-20-12-10-19(11-13-20)24-23(27)18-6-4-3-5-7-18/h8-14,18H,3-7,15H2,1-2H3,(H,24,27)(H,25,26). The molecule has 0 atom stereocenters. The van der Waals surface area contributed by atoms with Crippen molar-refractivity contribution in [3.63, 3.8) is 0 Å². The normalized spacial score (nSPS) is 14.5. The van der Waals surface area contributed by atoms with Crippen LogP contribution in [0.2, 0.25) is 0 Å². The molecule has 0 spiro atoms. The summed E-state index contributed by atoms with van der Waals surface area (Å²) in [5.41, 5.74) is 3.87. The maximum Gasteiger partial charge on any atom is 0.234 e. The molecule has 2 amide bonds. The molecule has 1 aliphatic carbocycles. The van der Waals surface area contributed by atoms with E-state index in [-0.39, 0.29) is 17.7 Å². The maximum atomic E-state index is 12.3. The summed E-state index contributed by atoms with van der Waals surface area (Å²) in [7, 11) is 0. The minimum Gasteiger partial charge on any atom is -0.326 e. The predicted octanol–water partition coefficient (Wildman–Crippen LogP) is 5.55. The number of hydrogen-bond acceptors (Lipinski definition) is 3. The van der Waals surface area contributed by atoms with E-state index in [0.29, 0.717) is 5.75 Å². The van der Waals surface area contributed by atoms with Crippen molar-refractivity contribution in [3.05, 3.63) is 53.6 Å². The molecule has 28 heavy (non-hydrogen) atoms. The van der Waals surface area contributed by atoms with Crippen molar-refractivity contribution in [2.24, 2.45) is 5.92 Å². The number of hydrogen-bond donors (Lipinski definition) is 2. The van der Waals surface area contributed by atoms with E-state index in [2.05, 4.69) is 10.6 Å². The van der Waals surface area contributed by atoms with Gasteiger partial charge in [-0.2, -0.15) is 0 Å². The average molecular weight is 397 g/mol. The van der Waals surface area contributed by atoms with Crippen molar-refractivity contribution >= 4 is 35.0 Å². The second-order valence-corrected chi connectivity index (χ2v) is 8.55. The third-order valence-electron chi connectivity index (χ3n) is 5.13. The number of nitrogens with one attached hydrogen (secondary N) is 2. The summed E-state index contributed by atoms with van der Waals surface area (Å²) >= 11 is 1.49. The van der Waals surface area contributed by atoms with Gasteiger partial charge in [0.1, 0.15) is 0 Å². The van der Waals surface area contributed by atoms with Crippen molar-refractivity contribution in [1.29, 1.82) is 0 Å². The highest BCUT2D eigenvalue weighted by Crippen LogP contribution is 2.26. The summed E-state index contributed by atoms with van der Waals surface area (Å²) in [5, 5.41) is 6.00. The first-order valence-corrected chi connectivity index (χ1v) is 10.9. The van der Waals surface area contributed by atoms with Crippen LogP contribution < -0.4 is 10.6 Å². The Morgan fingerprint density at radius 1 is 0.964 bits per heavy atom. The molecule has 0 aromatic heterocycles. The largest absolute Gasteiger partial charge is 0.326 e. The Bertz CT molecular complexity index is 827. The van der Waals surface area contributed by atoms with Crippen molar-refractivity contribution in [1.82, 2.24) is 0 Å². The van der Waals surface area contributed by atoms with Crippen LogP contribution in [0.3, 0.4) is 0 Å². The Balaban J connectivity index is 1.48. The van der Waals surface area contributed by atoms with E-state index < -0.39 is 0 Å². The molecular weight excluding hydrogens is 368 g/mol. The Morgan fingerprint density at radius 3 is 2.39 bits per heavy atom. The van der Waals surface area contributed by atoms with E-state index in [1.165, 1.54) is 18.2 Å². The molecule has 148 valence electrons. The van der Waals surface area contributed by atoms with Crippen LogP contribution >= 0.6 is 11.8 Å². The monoisotopic (exact) mass is 396 g/mol. The molecule has 4 nitrogen and oxygen atoms in total. The molecule has 2 aromatic carbocycles. The number of carbonyl (C=O) groups excluding carboxylic acids is 2. The summed E-state index contributed by atoms with van der Waals surface area (Å²) in [6.07, 6.45) is 5.53. The fourth-order valence-electron chi connectivity index (χ4n) is 3.45. The molecule has 0 unspecified atom stereocenters. The molecule has 0 saturated heterocycles. The molecule has 1 saturated carbocycles. The van der Waals surface area contributed by atoms with Gasteiger partial charge in [-0.25, -0.2) is 0 Å². The zero-order chi connectivity index (χ0) is 19.9.